The number of hydrogen-bond donors (Lipinski definition) is 3. The summed E-state index contributed by atoms with van der Waals surface area (Å²) in [7, 11) is -4.47. The molecular formula is C25H49N2NaO6S. The van der Waals surface area contributed by atoms with Gasteiger partial charge >= 0.3 is 29.6 Å². The van der Waals surface area contributed by atoms with Gasteiger partial charge in [-0.3, -0.25) is 4.79 Å². The van der Waals surface area contributed by atoms with Gasteiger partial charge in [0.05, 0.1) is 28.6 Å². The van der Waals surface area contributed by atoms with E-state index in [2.05, 4.69) is 24.4 Å². The van der Waals surface area contributed by atoms with Gasteiger partial charge in [0.1, 0.15) is 0 Å². The Morgan fingerprint density at radius 3 is 2.03 bits per heavy atom. The first kappa shape index (κ1) is 37.2. The molecule has 0 fully saturated rings. The van der Waals surface area contributed by atoms with Crippen LogP contribution in [0.15, 0.2) is 12.2 Å². The first-order valence-corrected chi connectivity index (χ1v) is 14.7. The van der Waals surface area contributed by atoms with Crippen LogP contribution in [0.4, 0.5) is 0 Å². The average molecular weight is 529 g/mol. The minimum atomic E-state index is -4.47. The molecule has 1 atom stereocenters. The Morgan fingerprint density at radius 1 is 0.943 bits per heavy atom. The molecule has 35 heavy (non-hydrogen) atoms. The van der Waals surface area contributed by atoms with Crippen molar-refractivity contribution >= 4 is 16.0 Å². The van der Waals surface area contributed by atoms with Gasteiger partial charge in [0, 0.05) is 32.6 Å². The summed E-state index contributed by atoms with van der Waals surface area (Å²) in [5, 5.41) is 21.5. The molecule has 3 N–H and O–H groups in total. The molecule has 1 amide bonds. The third-order valence-corrected chi connectivity index (χ3v) is 6.50. The van der Waals surface area contributed by atoms with Crippen molar-refractivity contribution in [3.63, 3.8) is 0 Å². The second-order valence-corrected chi connectivity index (χ2v) is 10.5. The standard InChI is InChI=1S/C25H50N2O6S.Na/c1-2-3-4-5-6-7-8-9-10-11-12-13-14-15-16-17-25(30)27(20-21-28)19-18-26-22-24(29)23-34(31,32)33;/h9-10,24,26,28-29H,2-8,11-23H2,1H3,(H,31,32,33);/q;+1/p-1/b10-9-;. The van der Waals surface area contributed by atoms with Gasteiger partial charge in [0.15, 0.2) is 0 Å². The molecule has 0 bridgehead atoms. The fraction of sp³-hybridized carbons (Fsp3) is 0.880. The molecule has 202 valence electrons. The maximum atomic E-state index is 12.4. The van der Waals surface area contributed by atoms with Crippen molar-refractivity contribution in [2.45, 2.75) is 103 Å². The van der Waals surface area contributed by atoms with E-state index in [9.17, 15) is 28.0 Å². The third kappa shape index (κ3) is 26.9. The minimum absolute atomic E-state index is 0. The fourth-order valence-electron chi connectivity index (χ4n) is 3.76. The monoisotopic (exact) mass is 528 g/mol. The maximum Gasteiger partial charge on any atom is 1.00 e. The summed E-state index contributed by atoms with van der Waals surface area (Å²) in [4.78, 5) is 14.0. The van der Waals surface area contributed by atoms with Crippen LogP contribution in [0.3, 0.4) is 0 Å². The van der Waals surface area contributed by atoms with Crippen molar-refractivity contribution < 1.29 is 57.5 Å². The summed E-state index contributed by atoms with van der Waals surface area (Å²) in [6.45, 7) is 3.00. The molecule has 0 aliphatic heterocycles. The second kappa shape index (κ2) is 25.6. The number of aliphatic hydroxyl groups is 2. The predicted octanol–water partition coefficient (Wildman–Crippen LogP) is 0.345. The molecule has 0 radical (unpaired) electrons. The van der Waals surface area contributed by atoms with Crippen LogP contribution in [0.1, 0.15) is 96.8 Å². The molecule has 0 aliphatic carbocycles. The summed E-state index contributed by atoms with van der Waals surface area (Å²) < 4.78 is 31.8. The van der Waals surface area contributed by atoms with Crippen molar-refractivity contribution in [3.8, 4) is 0 Å². The van der Waals surface area contributed by atoms with Crippen molar-refractivity contribution in [3.05, 3.63) is 12.2 Å². The number of hydrogen-bond acceptors (Lipinski definition) is 7. The normalized spacial score (nSPS) is 12.6. The number of rotatable bonds is 24. The van der Waals surface area contributed by atoms with Crippen LogP contribution in [0.25, 0.3) is 0 Å². The van der Waals surface area contributed by atoms with Gasteiger partial charge in [-0.25, -0.2) is 8.42 Å². The van der Waals surface area contributed by atoms with E-state index < -0.39 is 22.0 Å². The zero-order valence-corrected chi connectivity index (χ0v) is 25.1. The largest absolute Gasteiger partial charge is 1.00 e. The summed E-state index contributed by atoms with van der Waals surface area (Å²) >= 11 is 0. The number of nitrogens with one attached hydrogen (secondary N) is 1. The Kier molecular flexibility index (Phi) is 27.2. The van der Waals surface area contributed by atoms with Gasteiger partial charge in [-0.05, 0) is 32.1 Å². The first-order chi connectivity index (χ1) is 16.3. The Balaban J connectivity index is 0. The Labute approximate surface area is 236 Å². The van der Waals surface area contributed by atoms with E-state index in [1.807, 2.05) is 0 Å². The average Bonchev–Trinajstić information content (AvgIpc) is 2.77. The van der Waals surface area contributed by atoms with Gasteiger partial charge in [-0.1, -0.05) is 70.4 Å². The van der Waals surface area contributed by atoms with E-state index >= 15 is 0 Å². The van der Waals surface area contributed by atoms with Crippen LogP contribution in [0.2, 0.25) is 0 Å². The van der Waals surface area contributed by atoms with Crippen LogP contribution in [0, 0.1) is 0 Å². The number of carbonyl (C=O) groups is 1. The fourth-order valence-corrected chi connectivity index (χ4v) is 4.35. The van der Waals surface area contributed by atoms with Crippen LogP contribution >= 0.6 is 0 Å². The zero-order valence-electron chi connectivity index (χ0n) is 22.3. The van der Waals surface area contributed by atoms with Gasteiger partial charge in [-0.15, -0.1) is 0 Å². The van der Waals surface area contributed by atoms with E-state index in [1.54, 1.807) is 4.90 Å². The topological polar surface area (TPSA) is 130 Å². The molecule has 0 rings (SSSR count). The summed E-state index contributed by atoms with van der Waals surface area (Å²) in [6.07, 6.45) is 19.4. The molecular weight excluding hydrogens is 479 g/mol. The Morgan fingerprint density at radius 2 is 1.49 bits per heavy atom. The van der Waals surface area contributed by atoms with Gasteiger partial charge in [0.25, 0.3) is 0 Å². The molecule has 0 saturated heterocycles. The molecule has 0 aromatic rings. The zero-order chi connectivity index (χ0) is 25.5. The summed E-state index contributed by atoms with van der Waals surface area (Å²) in [5.41, 5.74) is 0. The van der Waals surface area contributed by atoms with E-state index in [1.165, 1.54) is 57.8 Å². The molecule has 1 unspecified atom stereocenters. The van der Waals surface area contributed by atoms with Crippen LogP contribution in [-0.4, -0.2) is 78.6 Å². The molecule has 0 spiro atoms. The summed E-state index contributed by atoms with van der Waals surface area (Å²) in [5.74, 6) is -0.856. The van der Waals surface area contributed by atoms with Crippen LogP contribution in [0.5, 0.6) is 0 Å². The Bertz CT molecular complexity index is 619. The van der Waals surface area contributed by atoms with E-state index in [0.29, 0.717) is 19.5 Å². The van der Waals surface area contributed by atoms with Crippen LogP contribution in [-0.2, 0) is 14.9 Å². The molecule has 0 heterocycles. The number of amides is 1. The molecule has 8 nitrogen and oxygen atoms in total. The molecule has 10 heteroatoms. The van der Waals surface area contributed by atoms with E-state index in [4.69, 9.17) is 0 Å². The van der Waals surface area contributed by atoms with Gasteiger partial charge < -0.3 is 25.0 Å². The maximum absolute atomic E-state index is 12.4. The molecule has 0 aromatic heterocycles. The Hall–Kier alpha value is -0.000000000000000222. The number of carbonyl (C=O) groups excluding carboxylic acids is 1. The van der Waals surface area contributed by atoms with Crippen molar-refractivity contribution in [1.82, 2.24) is 10.2 Å². The van der Waals surface area contributed by atoms with Gasteiger partial charge in [-0.2, -0.15) is 0 Å². The summed E-state index contributed by atoms with van der Waals surface area (Å²) in [6, 6.07) is 0. The number of aliphatic hydroxyl groups excluding tert-OH is 2. The van der Waals surface area contributed by atoms with Crippen molar-refractivity contribution in [1.29, 1.82) is 0 Å². The number of unbranched alkanes of at least 4 members (excludes halogenated alkanes) is 11. The molecule has 0 aromatic carbocycles. The van der Waals surface area contributed by atoms with Gasteiger partial charge in [0.2, 0.25) is 5.91 Å². The number of nitrogens with zero attached hydrogens (tertiary/aromatic N) is 1. The third-order valence-electron chi connectivity index (χ3n) is 5.71. The van der Waals surface area contributed by atoms with Crippen molar-refractivity contribution in [2.75, 3.05) is 38.5 Å². The smallest absolute Gasteiger partial charge is 0.748 e. The van der Waals surface area contributed by atoms with Crippen molar-refractivity contribution in [2.24, 2.45) is 0 Å². The second-order valence-electron chi connectivity index (χ2n) is 9.02. The molecule has 0 aliphatic rings. The number of allylic oxidation sites excluding steroid dienone is 2. The quantitative estimate of drug-likeness (QED) is 0.0713. The predicted molar refractivity (Wildman–Crippen MR) is 137 cm³/mol. The SMILES string of the molecule is CCCCCCCC/C=C\CCCCCCCC(=O)N(CCO)CCNCC(O)CS(=O)(=O)[O-].[Na+]. The first-order valence-electron chi connectivity index (χ1n) is 13.2. The molecule has 0 saturated carbocycles. The van der Waals surface area contributed by atoms with E-state index in [-0.39, 0.29) is 55.2 Å². The van der Waals surface area contributed by atoms with Crippen LogP contribution < -0.4 is 34.9 Å². The van der Waals surface area contributed by atoms with E-state index in [0.717, 1.165) is 25.7 Å². The minimum Gasteiger partial charge on any atom is -0.748 e.